The third-order valence-electron chi connectivity index (χ3n) is 9.60. The standard InChI is InChI=1S/C37H30BO3/c1-35(2,39)36(3,4)41-38-32-19-11-15-25-27-20-26-24-14-7-10-18-30(24)37(31(26)21-33(27)40-34(25)32)28-16-8-5-12-22(28)23-13-6-9-17-29(23)37/h5-21,39H,1-4H3. The highest BCUT2D eigenvalue weighted by Gasteiger charge is 2.51. The average molecular weight is 533 g/mol. The van der Waals surface area contributed by atoms with Gasteiger partial charge in [-0.2, -0.15) is 0 Å². The molecule has 1 heterocycles. The van der Waals surface area contributed by atoms with E-state index in [1.165, 1.54) is 44.5 Å². The lowest BCUT2D eigenvalue weighted by Crippen LogP contribution is -2.49. The van der Waals surface area contributed by atoms with E-state index in [9.17, 15) is 5.11 Å². The highest BCUT2D eigenvalue weighted by Crippen LogP contribution is 2.63. The van der Waals surface area contributed by atoms with Gasteiger partial charge in [0.05, 0.1) is 16.6 Å². The molecule has 1 radical (unpaired) electrons. The van der Waals surface area contributed by atoms with Crippen molar-refractivity contribution in [2.24, 2.45) is 0 Å². The molecule has 0 atom stereocenters. The Morgan fingerprint density at radius 2 is 1.20 bits per heavy atom. The van der Waals surface area contributed by atoms with Crippen LogP contribution < -0.4 is 5.46 Å². The summed E-state index contributed by atoms with van der Waals surface area (Å²) in [5.74, 6) is 0. The Hall–Kier alpha value is -4.12. The van der Waals surface area contributed by atoms with Gasteiger partial charge in [-0.25, -0.2) is 0 Å². The molecule has 4 heteroatoms. The molecule has 5 aromatic carbocycles. The minimum Gasteiger partial charge on any atom is -0.457 e. The van der Waals surface area contributed by atoms with Crippen molar-refractivity contribution in [3.8, 4) is 22.3 Å². The molecule has 0 saturated carbocycles. The summed E-state index contributed by atoms with van der Waals surface area (Å²) in [5.41, 5.74) is 10.6. The first-order valence-corrected chi connectivity index (χ1v) is 14.2. The molecule has 199 valence electrons. The van der Waals surface area contributed by atoms with Crippen LogP contribution in [-0.4, -0.2) is 23.8 Å². The molecule has 6 aromatic rings. The number of rotatable bonds is 4. The Morgan fingerprint density at radius 1 is 0.634 bits per heavy atom. The molecule has 8 rings (SSSR count). The molecule has 0 unspecified atom stereocenters. The first-order chi connectivity index (χ1) is 19.7. The zero-order valence-electron chi connectivity index (χ0n) is 23.7. The van der Waals surface area contributed by atoms with Crippen LogP contribution in [0.3, 0.4) is 0 Å². The Kier molecular flexibility index (Phi) is 4.95. The second-order valence-corrected chi connectivity index (χ2v) is 12.4. The van der Waals surface area contributed by atoms with Crippen molar-refractivity contribution in [2.45, 2.75) is 44.3 Å². The summed E-state index contributed by atoms with van der Waals surface area (Å²) in [6.45, 7) is 7.30. The molecule has 0 saturated heterocycles. The molecule has 2 aliphatic rings. The van der Waals surface area contributed by atoms with E-state index in [0.717, 1.165) is 27.4 Å². The molecule has 1 spiro atoms. The van der Waals surface area contributed by atoms with Crippen LogP contribution in [0.1, 0.15) is 49.9 Å². The van der Waals surface area contributed by atoms with Crippen LogP contribution in [0.5, 0.6) is 0 Å². The minimum absolute atomic E-state index is 0.402. The summed E-state index contributed by atoms with van der Waals surface area (Å²) in [6.07, 6.45) is 0. The van der Waals surface area contributed by atoms with E-state index in [4.69, 9.17) is 9.07 Å². The van der Waals surface area contributed by atoms with Crippen LogP contribution in [0.2, 0.25) is 0 Å². The van der Waals surface area contributed by atoms with Crippen molar-refractivity contribution in [3.63, 3.8) is 0 Å². The van der Waals surface area contributed by atoms with Crippen molar-refractivity contribution in [1.82, 2.24) is 0 Å². The smallest absolute Gasteiger partial charge is 0.334 e. The number of furan rings is 1. The van der Waals surface area contributed by atoms with Gasteiger partial charge in [0.15, 0.2) is 0 Å². The van der Waals surface area contributed by atoms with Gasteiger partial charge in [-0.15, -0.1) is 0 Å². The Bertz CT molecular complexity index is 1980. The van der Waals surface area contributed by atoms with Crippen LogP contribution in [-0.2, 0) is 10.1 Å². The molecular weight excluding hydrogens is 503 g/mol. The maximum atomic E-state index is 10.6. The lowest BCUT2D eigenvalue weighted by atomic mass is 9.70. The fourth-order valence-electron chi connectivity index (χ4n) is 6.85. The predicted octanol–water partition coefficient (Wildman–Crippen LogP) is 7.74. The highest BCUT2D eigenvalue weighted by molar-refractivity contribution is 6.51. The van der Waals surface area contributed by atoms with E-state index in [2.05, 4.69) is 91.0 Å². The summed E-state index contributed by atoms with van der Waals surface area (Å²) in [6, 6.07) is 37.3. The number of hydrogen-bond acceptors (Lipinski definition) is 3. The Labute approximate surface area is 240 Å². The zero-order valence-corrected chi connectivity index (χ0v) is 23.7. The van der Waals surface area contributed by atoms with Crippen LogP contribution in [0.15, 0.2) is 108 Å². The molecule has 0 fully saturated rings. The first kappa shape index (κ1) is 24.7. The van der Waals surface area contributed by atoms with E-state index in [1.807, 2.05) is 26.0 Å². The molecule has 0 amide bonds. The van der Waals surface area contributed by atoms with Gasteiger partial charge in [0.1, 0.15) is 11.2 Å². The molecule has 1 N–H and O–H groups in total. The molecule has 41 heavy (non-hydrogen) atoms. The van der Waals surface area contributed by atoms with Crippen LogP contribution in [0, 0.1) is 0 Å². The number of para-hydroxylation sites is 1. The molecule has 2 aliphatic carbocycles. The molecule has 3 nitrogen and oxygen atoms in total. The summed E-state index contributed by atoms with van der Waals surface area (Å²) in [5, 5.41) is 12.7. The lowest BCUT2D eigenvalue weighted by molar-refractivity contribution is -0.0893. The highest BCUT2D eigenvalue weighted by atomic mass is 16.5. The van der Waals surface area contributed by atoms with Gasteiger partial charge in [0, 0.05) is 10.8 Å². The van der Waals surface area contributed by atoms with E-state index in [0.29, 0.717) is 0 Å². The summed E-state index contributed by atoms with van der Waals surface area (Å²) >= 11 is 0. The van der Waals surface area contributed by atoms with E-state index in [-0.39, 0.29) is 0 Å². The lowest BCUT2D eigenvalue weighted by Gasteiger charge is -2.37. The van der Waals surface area contributed by atoms with Crippen molar-refractivity contribution in [3.05, 3.63) is 125 Å². The average Bonchev–Trinajstić information content (AvgIpc) is 3.58. The maximum Gasteiger partial charge on any atom is 0.334 e. The van der Waals surface area contributed by atoms with Crippen LogP contribution >= 0.6 is 0 Å². The van der Waals surface area contributed by atoms with E-state index >= 15 is 0 Å². The predicted molar refractivity (Wildman–Crippen MR) is 167 cm³/mol. The monoisotopic (exact) mass is 533 g/mol. The van der Waals surface area contributed by atoms with Gasteiger partial charge < -0.3 is 14.2 Å². The first-order valence-electron chi connectivity index (χ1n) is 14.2. The number of fused-ring (bicyclic) bond motifs is 13. The van der Waals surface area contributed by atoms with Gasteiger partial charge in [-0.05, 0) is 89.8 Å². The van der Waals surface area contributed by atoms with Crippen LogP contribution in [0.25, 0.3) is 44.2 Å². The normalized spacial score (nSPS) is 14.8. The number of benzene rings is 5. The summed E-state index contributed by atoms with van der Waals surface area (Å²) in [4.78, 5) is 0. The van der Waals surface area contributed by atoms with Gasteiger partial charge in [0.2, 0.25) is 0 Å². The van der Waals surface area contributed by atoms with Crippen molar-refractivity contribution >= 4 is 34.9 Å². The molecular formula is C37H30BO3. The quantitative estimate of drug-likeness (QED) is 0.235. The summed E-state index contributed by atoms with van der Waals surface area (Å²) < 4.78 is 12.8. The second kappa shape index (κ2) is 8.22. The van der Waals surface area contributed by atoms with Gasteiger partial charge >= 0.3 is 7.48 Å². The maximum absolute atomic E-state index is 10.6. The Morgan fingerprint density at radius 3 is 1.78 bits per heavy atom. The van der Waals surface area contributed by atoms with Gasteiger partial charge in [-0.1, -0.05) is 91.0 Å². The number of aliphatic hydroxyl groups is 1. The zero-order chi connectivity index (χ0) is 28.1. The van der Waals surface area contributed by atoms with E-state index in [1.54, 1.807) is 21.3 Å². The van der Waals surface area contributed by atoms with Crippen molar-refractivity contribution in [1.29, 1.82) is 0 Å². The third-order valence-corrected chi connectivity index (χ3v) is 9.60. The fraction of sp³-hybridized carbons (Fsp3) is 0.189. The van der Waals surface area contributed by atoms with Crippen molar-refractivity contribution < 1.29 is 14.2 Å². The number of hydrogen-bond donors (Lipinski definition) is 1. The molecule has 0 bridgehead atoms. The topological polar surface area (TPSA) is 42.6 Å². The molecule has 1 aromatic heterocycles. The summed E-state index contributed by atoms with van der Waals surface area (Å²) in [7, 11) is 1.72. The third kappa shape index (κ3) is 3.18. The largest absolute Gasteiger partial charge is 0.457 e. The second-order valence-electron chi connectivity index (χ2n) is 12.4. The van der Waals surface area contributed by atoms with Gasteiger partial charge in [0.25, 0.3) is 0 Å². The fourth-order valence-corrected chi connectivity index (χ4v) is 6.85. The van der Waals surface area contributed by atoms with Gasteiger partial charge in [-0.3, -0.25) is 0 Å². The SMILES string of the molecule is CC(C)(O)C(C)(C)O[B]c1cccc2c1oc1cc3c(cc12)-c1ccccc1C31c2ccccc2-c2ccccc21. The molecule has 0 aliphatic heterocycles. The van der Waals surface area contributed by atoms with Crippen molar-refractivity contribution in [2.75, 3.05) is 0 Å². The van der Waals surface area contributed by atoms with E-state index < -0.39 is 16.6 Å². The van der Waals surface area contributed by atoms with Crippen LogP contribution in [0.4, 0.5) is 0 Å². The Balaban J connectivity index is 1.38. The minimum atomic E-state index is -1.01.